The van der Waals surface area contributed by atoms with E-state index >= 15 is 0 Å². The molecule has 1 aliphatic carbocycles. The first-order chi connectivity index (χ1) is 12.4. The Labute approximate surface area is 157 Å². The van der Waals surface area contributed by atoms with Gasteiger partial charge in [-0.25, -0.2) is 4.98 Å². The van der Waals surface area contributed by atoms with Gasteiger partial charge in [0, 0.05) is 6.20 Å². The summed E-state index contributed by atoms with van der Waals surface area (Å²) < 4.78 is 1.99. The second-order valence-corrected chi connectivity index (χ2v) is 10.2. The van der Waals surface area contributed by atoms with Crippen molar-refractivity contribution in [3.8, 4) is 23.3 Å². The lowest BCUT2D eigenvalue weighted by atomic mass is 9.95. The second-order valence-electron chi connectivity index (χ2n) is 7.12. The summed E-state index contributed by atoms with van der Waals surface area (Å²) in [5.74, 6) is 0.805. The number of nitrogens with zero attached hydrogens (tertiary/aromatic N) is 4. The number of imidazole rings is 1. The monoisotopic (exact) mass is 376 g/mol. The Morgan fingerprint density at radius 2 is 1.73 bits per heavy atom. The highest BCUT2D eigenvalue weighted by Gasteiger charge is 2.44. The van der Waals surface area contributed by atoms with Crippen molar-refractivity contribution in [2.45, 2.75) is 30.1 Å². The predicted molar refractivity (Wildman–Crippen MR) is 109 cm³/mol. The number of fused-ring (bicyclic) bond motifs is 1. The van der Waals surface area contributed by atoms with Gasteiger partial charge in [0.2, 0.25) is 0 Å². The van der Waals surface area contributed by atoms with E-state index in [1.54, 1.807) is 0 Å². The van der Waals surface area contributed by atoms with Crippen LogP contribution in [0.2, 0.25) is 0 Å². The van der Waals surface area contributed by atoms with Crippen LogP contribution in [0.4, 0.5) is 0 Å². The van der Waals surface area contributed by atoms with Crippen molar-refractivity contribution in [3.05, 3.63) is 59.7 Å². The summed E-state index contributed by atoms with van der Waals surface area (Å²) in [5, 5.41) is 18.7. The van der Waals surface area contributed by atoms with Crippen molar-refractivity contribution >= 4 is 24.0 Å². The minimum Gasteiger partial charge on any atom is -0.301 e. The average molecular weight is 376 g/mol. The van der Waals surface area contributed by atoms with E-state index in [-0.39, 0.29) is 10.3 Å². The third-order valence-electron chi connectivity index (χ3n) is 4.96. The fourth-order valence-electron chi connectivity index (χ4n) is 3.29. The maximum Gasteiger partial charge on any atom is 0.166 e. The van der Waals surface area contributed by atoms with Gasteiger partial charge in [-0.05, 0) is 42.5 Å². The molecule has 4 nitrogen and oxygen atoms in total. The van der Waals surface area contributed by atoms with Crippen LogP contribution < -0.4 is 0 Å². The highest BCUT2D eigenvalue weighted by Crippen LogP contribution is 2.47. The van der Waals surface area contributed by atoms with Gasteiger partial charge in [0.25, 0.3) is 0 Å². The molecule has 2 heterocycles. The van der Waals surface area contributed by atoms with Crippen molar-refractivity contribution in [1.82, 2.24) is 9.38 Å². The second kappa shape index (κ2) is 5.89. The van der Waals surface area contributed by atoms with E-state index in [0.717, 1.165) is 40.9 Å². The lowest BCUT2D eigenvalue weighted by molar-refractivity contribution is 0.861. The largest absolute Gasteiger partial charge is 0.301 e. The van der Waals surface area contributed by atoms with Crippen LogP contribution >= 0.6 is 18.5 Å². The average Bonchev–Trinajstić information content (AvgIpc) is 3.34. The van der Waals surface area contributed by atoms with Gasteiger partial charge in [0.05, 0.1) is 21.9 Å². The SMILES string of the molecule is CC(P)(P)c1nc(C#N)c2ccc(-c3ccc(C4(C#N)CC4)cc3)cn12. The molecule has 128 valence electrons. The molecule has 4 rings (SSSR count). The molecule has 26 heavy (non-hydrogen) atoms. The van der Waals surface area contributed by atoms with Crippen molar-refractivity contribution in [1.29, 1.82) is 10.5 Å². The minimum absolute atomic E-state index is 0.262. The zero-order chi connectivity index (χ0) is 18.5. The Hall–Kier alpha value is -2.25. The number of hydrogen-bond donors (Lipinski definition) is 0. The number of aromatic nitrogens is 2. The molecule has 1 fully saturated rings. The quantitative estimate of drug-likeness (QED) is 0.639. The summed E-state index contributed by atoms with van der Waals surface area (Å²) in [6, 6.07) is 16.8. The van der Waals surface area contributed by atoms with E-state index in [9.17, 15) is 10.5 Å². The molecular weight excluding hydrogens is 358 g/mol. The summed E-state index contributed by atoms with van der Waals surface area (Å²) in [4.78, 5) is 4.18. The van der Waals surface area contributed by atoms with Crippen LogP contribution in [0.15, 0.2) is 42.6 Å². The Morgan fingerprint density at radius 1 is 1.08 bits per heavy atom. The molecule has 0 N–H and O–H groups in total. The Kier molecular flexibility index (Phi) is 3.89. The number of pyridine rings is 1. The highest BCUT2D eigenvalue weighted by molar-refractivity contribution is 7.38. The molecule has 0 amide bonds. The molecular formula is C20H18N4P2. The van der Waals surface area contributed by atoms with E-state index in [4.69, 9.17) is 0 Å². The van der Waals surface area contributed by atoms with Crippen LogP contribution in [-0.2, 0) is 10.3 Å². The van der Waals surface area contributed by atoms with Gasteiger partial charge in [-0.2, -0.15) is 10.5 Å². The van der Waals surface area contributed by atoms with Gasteiger partial charge in [-0.3, -0.25) is 0 Å². The molecule has 2 unspecified atom stereocenters. The van der Waals surface area contributed by atoms with Crippen LogP contribution in [-0.4, -0.2) is 9.38 Å². The van der Waals surface area contributed by atoms with Crippen LogP contribution in [0.5, 0.6) is 0 Å². The molecule has 2 aromatic heterocycles. The predicted octanol–water partition coefficient (Wildman–Crippen LogP) is 4.35. The molecule has 0 aliphatic heterocycles. The maximum absolute atomic E-state index is 9.37. The zero-order valence-electron chi connectivity index (χ0n) is 14.4. The summed E-state index contributed by atoms with van der Waals surface area (Å²) in [5.41, 5.74) is 4.21. The number of nitriles is 2. The first-order valence-electron chi connectivity index (χ1n) is 8.41. The maximum atomic E-state index is 9.37. The Balaban J connectivity index is 1.81. The molecule has 1 aliphatic rings. The third-order valence-corrected chi connectivity index (χ3v) is 5.48. The van der Waals surface area contributed by atoms with Gasteiger partial charge >= 0.3 is 0 Å². The van der Waals surface area contributed by atoms with Gasteiger partial charge in [-0.15, -0.1) is 18.5 Å². The number of benzene rings is 1. The lowest BCUT2D eigenvalue weighted by Crippen LogP contribution is -2.08. The third kappa shape index (κ3) is 2.71. The standard InChI is InChI=1S/C20H18N4P2/c1-19(25,26)18-23-16(10-21)17-7-4-14(11-24(17)18)13-2-5-15(6-3-13)20(12-22)8-9-20/h2-7,11H,8-9,25-26H2,1H3. The molecule has 6 heteroatoms. The Morgan fingerprint density at radius 3 is 2.27 bits per heavy atom. The summed E-state index contributed by atoms with van der Waals surface area (Å²) in [6.45, 7) is 2.02. The zero-order valence-corrected chi connectivity index (χ0v) is 16.7. The van der Waals surface area contributed by atoms with E-state index < -0.39 is 0 Å². The molecule has 0 saturated heterocycles. The first-order valence-corrected chi connectivity index (χ1v) is 9.56. The number of rotatable bonds is 3. The van der Waals surface area contributed by atoms with Crippen molar-refractivity contribution in [2.24, 2.45) is 0 Å². The van der Waals surface area contributed by atoms with Crippen LogP contribution in [0.1, 0.15) is 36.8 Å². The topological polar surface area (TPSA) is 64.9 Å². The molecule has 0 radical (unpaired) electrons. The van der Waals surface area contributed by atoms with E-state index in [0.29, 0.717) is 5.69 Å². The molecule has 1 aromatic carbocycles. The smallest absolute Gasteiger partial charge is 0.166 e. The van der Waals surface area contributed by atoms with Gasteiger partial charge < -0.3 is 4.40 Å². The van der Waals surface area contributed by atoms with Gasteiger partial charge in [0.15, 0.2) is 5.69 Å². The summed E-state index contributed by atoms with van der Waals surface area (Å²) in [6.07, 6.45) is 3.92. The van der Waals surface area contributed by atoms with Crippen LogP contribution in [0, 0.1) is 22.7 Å². The van der Waals surface area contributed by atoms with E-state index in [1.165, 1.54) is 0 Å². The highest BCUT2D eigenvalue weighted by atomic mass is 31.1. The van der Waals surface area contributed by atoms with E-state index in [1.807, 2.05) is 29.7 Å². The molecule has 3 aromatic rings. The van der Waals surface area contributed by atoms with Gasteiger partial charge in [-0.1, -0.05) is 30.3 Å². The van der Waals surface area contributed by atoms with E-state index in [2.05, 4.69) is 59.9 Å². The molecule has 1 saturated carbocycles. The van der Waals surface area contributed by atoms with Gasteiger partial charge in [0.1, 0.15) is 11.9 Å². The fourth-order valence-corrected chi connectivity index (χ4v) is 3.70. The van der Waals surface area contributed by atoms with Crippen LogP contribution in [0.3, 0.4) is 0 Å². The van der Waals surface area contributed by atoms with Crippen molar-refractivity contribution in [2.75, 3.05) is 0 Å². The Bertz CT molecular complexity index is 1090. The van der Waals surface area contributed by atoms with Crippen molar-refractivity contribution < 1.29 is 0 Å². The van der Waals surface area contributed by atoms with Crippen molar-refractivity contribution in [3.63, 3.8) is 0 Å². The summed E-state index contributed by atoms with van der Waals surface area (Å²) in [7, 11) is 5.51. The lowest BCUT2D eigenvalue weighted by Gasteiger charge is -2.17. The normalized spacial score (nSPS) is 15.4. The first kappa shape index (κ1) is 17.2. The summed E-state index contributed by atoms with van der Waals surface area (Å²) >= 11 is 0. The number of hydrogen-bond acceptors (Lipinski definition) is 3. The minimum atomic E-state index is -0.328. The van der Waals surface area contributed by atoms with Crippen LogP contribution in [0.25, 0.3) is 16.6 Å². The molecule has 0 bridgehead atoms. The fraction of sp³-hybridized carbons (Fsp3) is 0.250. The molecule has 2 atom stereocenters. The molecule has 0 spiro atoms.